The summed E-state index contributed by atoms with van der Waals surface area (Å²) in [4.78, 5) is 0. The Morgan fingerprint density at radius 3 is 2.94 bits per heavy atom. The number of nitrogens with zero attached hydrogens (tertiary/aromatic N) is 3. The van der Waals surface area contributed by atoms with E-state index in [1.807, 2.05) is 17.9 Å². The van der Waals surface area contributed by atoms with Crippen LogP contribution in [0, 0.1) is 0 Å². The van der Waals surface area contributed by atoms with Crippen LogP contribution in [0.3, 0.4) is 0 Å². The van der Waals surface area contributed by atoms with Crippen molar-refractivity contribution in [3.63, 3.8) is 0 Å². The molecule has 1 aliphatic rings. The monoisotopic (exact) mass is 222 g/mol. The third kappa shape index (κ3) is 2.43. The molecule has 1 fully saturated rings. The van der Waals surface area contributed by atoms with E-state index < -0.39 is 0 Å². The van der Waals surface area contributed by atoms with Crippen molar-refractivity contribution in [2.24, 2.45) is 7.05 Å². The van der Waals surface area contributed by atoms with Crippen molar-refractivity contribution >= 4 is 0 Å². The number of aryl methyl sites for hydroxylation is 1. The zero-order valence-electron chi connectivity index (χ0n) is 10.3. The van der Waals surface area contributed by atoms with Crippen LogP contribution in [0.15, 0.2) is 6.20 Å². The highest BCUT2D eigenvalue weighted by molar-refractivity contribution is 5.08. The van der Waals surface area contributed by atoms with Crippen LogP contribution in [0.2, 0.25) is 0 Å². The van der Waals surface area contributed by atoms with Gasteiger partial charge in [0.15, 0.2) is 0 Å². The topological polar surface area (TPSA) is 42.7 Å². The van der Waals surface area contributed by atoms with Crippen LogP contribution in [0.25, 0.3) is 0 Å². The Morgan fingerprint density at radius 2 is 2.25 bits per heavy atom. The summed E-state index contributed by atoms with van der Waals surface area (Å²) in [6.07, 6.45) is 8.37. The van der Waals surface area contributed by atoms with Gasteiger partial charge in [0, 0.05) is 19.0 Å². The minimum absolute atomic E-state index is 0.597. The SMILES string of the molecule is CCCNC1CCCCC1c1cnnn1C. The van der Waals surface area contributed by atoms with Crippen molar-refractivity contribution in [3.05, 3.63) is 11.9 Å². The second kappa shape index (κ2) is 5.43. The Hall–Kier alpha value is -0.900. The quantitative estimate of drug-likeness (QED) is 0.845. The van der Waals surface area contributed by atoms with Crippen molar-refractivity contribution in [2.75, 3.05) is 6.54 Å². The van der Waals surface area contributed by atoms with E-state index in [1.165, 1.54) is 37.8 Å². The van der Waals surface area contributed by atoms with Crippen LogP contribution >= 0.6 is 0 Å². The summed E-state index contributed by atoms with van der Waals surface area (Å²) in [5.74, 6) is 0.597. The molecule has 0 aliphatic heterocycles. The first-order chi connectivity index (χ1) is 7.83. The molecule has 1 aromatic heterocycles. The summed E-state index contributed by atoms with van der Waals surface area (Å²) in [5, 5.41) is 11.7. The number of rotatable bonds is 4. The minimum atomic E-state index is 0.597. The molecule has 90 valence electrons. The molecule has 0 amide bonds. The highest BCUT2D eigenvalue weighted by Crippen LogP contribution is 2.32. The number of hydrogen-bond donors (Lipinski definition) is 1. The molecule has 2 unspecified atom stereocenters. The zero-order chi connectivity index (χ0) is 11.4. The molecule has 2 atom stereocenters. The average Bonchev–Trinajstić information content (AvgIpc) is 2.73. The van der Waals surface area contributed by atoms with Gasteiger partial charge in [-0.15, -0.1) is 5.10 Å². The lowest BCUT2D eigenvalue weighted by molar-refractivity contribution is 0.317. The van der Waals surface area contributed by atoms with Crippen LogP contribution in [-0.2, 0) is 7.05 Å². The molecule has 0 aromatic carbocycles. The third-order valence-electron chi connectivity index (χ3n) is 3.55. The maximum absolute atomic E-state index is 4.05. The van der Waals surface area contributed by atoms with E-state index in [1.54, 1.807) is 0 Å². The molecule has 1 saturated carbocycles. The van der Waals surface area contributed by atoms with E-state index in [9.17, 15) is 0 Å². The van der Waals surface area contributed by atoms with Gasteiger partial charge in [-0.3, -0.25) is 4.68 Å². The van der Waals surface area contributed by atoms with Gasteiger partial charge in [0.2, 0.25) is 0 Å². The van der Waals surface area contributed by atoms with Crippen LogP contribution in [0.5, 0.6) is 0 Å². The smallest absolute Gasteiger partial charge is 0.0728 e. The Bertz CT molecular complexity index is 321. The van der Waals surface area contributed by atoms with Gasteiger partial charge in [0.05, 0.1) is 11.9 Å². The molecule has 0 bridgehead atoms. The molecule has 1 heterocycles. The van der Waals surface area contributed by atoms with E-state index in [-0.39, 0.29) is 0 Å². The number of hydrogen-bond acceptors (Lipinski definition) is 3. The van der Waals surface area contributed by atoms with Crippen molar-refractivity contribution < 1.29 is 0 Å². The molecule has 16 heavy (non-hydrogen) atoms. The lowest BCUT2D eigenvalue weighted by atomic mass is 9.82. The van der Waals surface area contributed by atoms with Gasteiger partial charge in [0.25, 0.3) is 0 Å². The number of aromatic nitrogens is 3. The first-order valence-electron chi connectivity index (χ1n) is 6.41. The van der Waals surface area contributed by atoms with Crippen molar-refractivity contribution in [2.45, 2.75) is 51.0 Å². The summed E-state index contributed by atoms with van der Waals surface area (Å²) in [6.45, 7) is 3.34. The summed E-state index contributed by atoms with van der Waals surface area (Å²) in [6, 6.07) is 0.617. The zero-order valence-corrected chi connectivity index (χ0v) is 10.3. The molecule has 4 nitrogen and oxygen atoms in total. The Morgan fingerprint density at radius 1 is 1.44 bits per heavy atom. The van der Waals surface area contributed by atoms with Gasteiger partial charge in [0.1, 0.15) is 0 Å². The average molecular weight is 222 g/mol. The molecular weight excluding hydrogens is 200 g/mol. The molecule has 4 heteroatoms. The molecule has 0 radical (unpaired) electrons. The van der Waals surface area contributed by atoms with Crippen LogP contribution < -0.4 is 5.32 Å². The van der Waals surface area contributed by atoms with Gasteiger partial charge in [-0.05, 0) is 25.8 Å². The van der Waals surface area contributed by atoms with Crippen molar-refractivity contribution in [1.29, 1.82) is 0 Å². The second-order valence-corrected chi connectivity index (χ2v) is 4.73. The van der Waals surface area contributed by atoms with E-state index >= 15 is 0 Å². The van der Waals surface area contributed by atoms with E-state index in [0.29, 0.717) is 12.0 Å². The van der Waals surface area contributed by atoms with Crippen molar-refractivity contribution in [3.8, 4) is 0 Å². The van der Waals surface area contributed by atoms with Crippen molar-refractivity contribution in [1.82, 2.24) is 20.3 Å². The van der Waals surface area contributed by atoms with Gasteiger partial charge in [-0.1, -0.05) is 25.0 Å². The fourth-order valence-corrected chi connectivity index (χ4v) is 2.69. The van der Waals surface area contributed by atoms with E-state index in [4.69, 9.17) is 0 Å². The maximum Gasteiger partial charge on any atom is 0.0728 e. The summed E-state index contributed by atoms with van der Waals surface area (Å²) >= 11 is 0. The van der Waals surface area contributed by atoms with Gasteiger partial charge in [-0.25, -0.2) is 0 Å². The fraction of sp³-hybridized carbons (Fsp3) is 0.833. The summed E-state index contributed by atoms with van der Waals surface area (Å²) in [5.41, 5.74) is 1.29. The van der Waals surface area contributed by atoms with Crippen LogP contribution in [0.1, 0.15) is 50.6 Å². The summed E-state index contributed by atoms with van der Waals surface area (Å²) in [7, 11) is 1.99. The highest BCUT2D eigenvalue weighted by Gasteiger charge is 2.28. The predicted octanol–water partition coefficient (Wildman–Crippen LogP) is 1.84. The largest absolute Gasteiger partial charge is 0.313 e. The van der Waals surface area contributed by atoms with Crippen LogP contribution in [0.4, 0.5) is 0 Å². The lowest BCUT2D eigenvalue weighted by Gasteiger charge is -2.32. The standard InChI is InChI=1S/C12H22N4/c1-3-8-13-11-7-5-4-6-10(11)12-9-14-15-16(12)2/h9-11,13H,3-8H2,1-2H3. The van der Waals surface area contributed by atoms with Crippen LogP contribution in [-0.4, -0.2) is 27.6 Å². The molecule has 2 rings (SSSR count). The number of nitrogens with one attached hydrogen (secondary N) is 1. The molecule has 1 aliphatic carbocycles. The summed E-state index contributed by atoms with van der Waals surface area (Å²) < 4.78 is 1.93. The lowest BCUT2D eigenvalue weighted by Crippen LogP contribution is -2.38. The molecule has 1 aromatic rings. The third-order valence-corrected chi connectivity index (χ3v) is 3.55. The van der Waals surface area contributed by atoms with Gasteiger partial charge >= 0.3 is 0 Å². The molecule has 0 saturated heterocycles. The Balaban J connectivity index is 2.07. The molecule has 1 N–H and O–H groups in total. The van der Waals surface area contributed by atoms with E-state index in [0.717, 1.165) is 6.54 Å². The van der Waals surface area contributed by atoms with E-state index in [2.05, 4.69) is 22.6 Å². The second-order valence-electron chi connectivity index (χ2n) is 4.73. The highest BCUT2D eigenvalue weighted by atomic mass is 15.4. The maximum atomic E-state index is 4.05. The van der Waals surface area contributed by atoms with Gasteiger partial charge in [-0.2, -0.15) is 0 Å². The first kappa shape index (κ1) is 11.6. The normalized spacial score (nSPS) is 25.9. The molecular formula is C12H22N4. The minimum Gasteiger partial charge on any atom is -0.313 e. The first-order valence-corrected chi connectivity index (χ1v) is 6.41. The van der Waals surface area contributed by atoms with Gasteiger partial charge < -0.3 is 5.32 Å². The Labute approximate surface area is 97.4 Å². The molecule has 0 spiro atoms. The predicted molar refractivity (Wildman–Crippen MR) is 64.3 cm³/mol. The fourth-order valence-electron chi connectivity index (χ4n) is 2.69. The Kier molecular flexibility index (Phi) is 3.93.